The molecule has 0 saturated heterocycles. The Balaban J connectivity index is 2.15. The molecular weight excluding hydrogens is 262 g/mol. The molecule has 2 rings (SSSR count). The number of carbonyl (C=O) groups excluding carboxylic acids is 1. The van der Waals surface area contributed by atoms with Gasteiger partial charge in [-0.15, -0.1) is 0 Å². The molecule has 2 aromatic rings. The summed E-state index contributed by atoms with van der Waals surface area (Å²) in [6.45, 7) is 4.46. The summed E-state index contributed by atoms with van der Waals surface area (Å²) in [5, 5.41) is 7.36. The van der Waals surface area contributed by atoms with Crippen molar-refractivity contribution in [3.05, 3.63) is 52.8 Å². The first-order valence-electron chi connectivity index (χ1n) is 6.20. The molecule has 0 aliphatic carbocycles. The second kappa shape index (κ2) is 5.89. The number of rotatable bonds is 4. The highest BCUT2D eigenvalue weighted by atomic mass is 35.5. The molecule has 1 heterocycles. The summed E-state index contributed by atoms with van der Waals surface area (Å²) >= 11 is 6.00. The van der Waals surface area contributed by atoms with Gasteiger partial charge in [-0.2, -0.15) is 5.10 Å². The maximum absolute atomic E-state index is 12.2. The first-order chi connectivity index (χ1) is 9.13. The standard InChI is InChI=1S/C14H16ClN3O/c1-3-18-13(12(15)9-16-18)14(19)17-10(2)11-7-5-4-6-8-11/h4-10H,3H2,1-2H3,(H,17,19)/t10-/m0/s1. The van der Waals surface area contributed by atoms with Crippen LogP contribution in [0.1, 0.15) is 35.9 Å². The molecule has 0 unspecified atom stereocenters. The molecule has 1 aromatic carbocycles. The van der Waals surface area contributed by atoms with Crippen LogP contribution in [-0.2, 0) is 6.54 Å². The van der Waals surface area contributed by atoms with E-state index in [0.29, 0.717) is 17.3 Å². The highest BCUT2D eigenvalue weighted by Gasteiger charge is 2.18. The first-order valence-corrected chi connectivity index (χ1v) is 6.58. The normalized spacial score (nSPS) is 12.2. The van der Waals surface area contributed by atoms with E-state index in [2.05, 4.69) is 10.4 Å². The average molecular weight is 278 g/mol. The molecule has 19 heavy (non-hydrogen) atoms. The van der Waals surface area contributed by atoms with Crippen molar-refractivity contribution in [1.82, 2.24) is 15.1 Å². The monoisotopic (exact) mass is 277 g/mol. The Morgan fingerprint density at radius 3 is 2.74 bits per heavy atom. The van der Waals surface area contributed by atoms with E-state index in [0.717, 1.165) is 5.56 Å². The largest absolute Gasteiger partial charge is 0.344 e. The maximum Gasteiger partial charge on any atom is 0.271 e. The zero-order valence-electron chi connectivity index (χ0n) is 10.9. The van der Waals surface area contributed by atoms with Crippen molar-refractivity contribution < 1.29 is 4.79 Å². The number of hydrogen-bond acceptors (Lipinski definition) is 2. The zero-order chi connectivity index (χ0) is 13.8. The molecule has 1 atom stereocenters. The first kappa shape index (κ1) is 13.6. The number of aryl methyl sites for hydroxylation is 1. The number of aromatic nitrogens is 2. The number of benzene rings is 1. The van der Waals surface area contributed by atoms with Gasteiger partial charge in [0.1, 0.15) is 5.69 Å². The third-order valence-electron chi connectivity index (χ3n) is 2.96. The Hall–Kier alpha value is -1.81. The van der Waals surface area contributed by atoms with Crippen LogP contribution in [-0.4, -0.2) is 15.7 Å². The summed E-state index contributed by atoms with van der Waals surface area (Å²) in [6, 6.07) is 9.71. The lowest BCUT2D eigenvalue weighted by Gasteiger charge is -2.14. The molecular formula is C14H16ClN3O. The van der Waals surface area contributed by atoms with Crippen LogP contribution in [0.3, 0.4) is 0 Å². The van der Waals surface area contributed by atoms with E-state index in [1.807, 2.05) is 44.2 Å². The van der Waals surface area contributed by atoms with Crippen LogP contribution < -0.4 is 5.32 Å². The lowest BCUT2D eigenvalue weighted by Crippen LogP contribution is -2.29. The fourth-order valence-corrected chi connectivity index (χ4v) is 2.15. The van der Waals surface area contributed by atoms with Gasteiger partial charge in [0.25, 0.3) is 5.91 Å². The Kier molecular flexibility index (Phi) is 4.22. The molecule has 5 heteroatoms. The Labute approximate surface area is 117 Å². The van der Waals surface area contributed by atoms with E-state index in [-0.39, 0.29) is 11.9 Å². The summed E-state index contributed by atoms with van der Waals surface area (Å²) in [7, 11) is 0. The minimum Gasteiger partial charge on any atom is -0.344 e. The summed E-state index contributed by atoms with van der Waals surface area (Å²) in [6.07, 6.45) is 1.49. The molecule has 0 fully saturated rings. The summed E-state index contributed by atoms with van der Waals surface area (Å²) in [5.74, 6) is -0.208. The second-order valence-electron chi connectivity index (χ2n) is 4.26. The number of carbonyl (C=O) groups is 1. The minimum atomic E-state index is -0.208. The Bertz CT molecular complexity index is 565. The maximum atomic E-state index is 12.2. The van der Waals surface area contributed by atoms with Crippen molar-refractivity contribution in [1.29, 1.82) is 0 Å². The SMILES string of the molecule is CCn1ncc(Cl)c1C(=O)N[C@@H](C)c1ccccc1. The van der Waals surface area contributed by atoms with E-state index < -0.39 is 0 Å². The van der Waals surface area contributed by atoms with Crippen molar-refractivity contribution in [3.63, 3.8) is 0 Å². The van der Waals surface area contributed by atoms with Crippen LogP contribution in [0.5, 0.6) is 0 Å². The second-order valence-corrected chi connectivity index (χ2v) is 4.67. The van der Waals surface area contributed by atoms with Gasteiger partial charge in [-0.3, -0.25) is 9.48 Å². The smallest absolute Gasteiger partial charge is 0.271 e. The van der Waals surface area contributed by atoms with Crippen molar-refractivity contribution in [2.24, 2.45) is 0 Å². The predicted octanol–water partition coefficient (Wildman–Crippen LogP) is 3.05. The van der Waals surface area contributed by atoms with Crippen molar-refractivity contribution in [2.75, 3.05) is 0 Å². The number of nitrogens with one attached hydrogen (secondary N) is 1. The van der Waals surface area contributed by atoms with Gasteiger partial charge in [-0.05, 0) is 19.4 Å². The summed E-state index contributed by atoms with van der Waals surface area (Å²) < 4.78 is 1.59. The van der Waals surface area contributed by atoms with Crippen molar-refractivity contribution in [2.45, 2.75) is 26.4 Å². The van der Waals surface area contributed by atoms with Crippen molar-refractivity contribution >= 4 is 17.5 Å². The molecule has 1 aromatic heterocycles. The van der Waals surface area contributed by atoms with Crippen molar-refractivity contribution in [3.8, 4) is 0 Å². The van der Waals surface area contributed by atoms with Gasteiger partial charge in [0.2, 0.25) is 0 Å². The lowest BCUT2D eigenvalue weighted by molar-refractivity contribution is 0.0929. The molecule has 0 radical (unpaired) electrons. The highest BCUT2D eigenvalue weighted by Crippen LogP contribution is 2.17. The van der Waals surface area contributed by atoms with Gasteiger partial charge >= 0.3 is 0 Å². The van der Waals surface area contributed by atoms with E-state index in [9.17, 15) is 4.79 Å². The van der Waals surface area contributed by atoms with E-state index in [4.69, 9.17) is 11.6 Å². The zero-order valence-corrected chi connectivity index (χ0v) is 11.7. The molecule has 100 valence electrons. The van der Waals surface area contributed by atoms with E-state index >= 15 is 0 Å². The van der Waals surface area contributed by atoms with Crippen LogP contribution in [0, 0.1) is 0 Å². The van der Waals surface area contributed by atoms with Gasteiger partial charge in [-0.1, -0.05) is 41.9 Å². The van der Waals surface area contributed by atoms with Crippen LogP contribution in [0.2, 0.25) is 5.02 Å². The van der Waals surface area contributed by atoms with Crippen LogP contribution in [0.25, 0.3) is 0 Å². The van der Waals surface area contributed by atoms with Gasteiger partial charge in [-0.25, -0.2) is 0 Å². The molecule has 0 saturated carbocycles. The van der Waals surface area contributed by atoms with Crippen LogP contribution >= 0.6 is 11.6 Å². The number of halogens is 1. The topological polar surface area (TPSA) is 46.9 Å². The molecule has 0 spiro atoms. The van der Waals surface area contributed by atoms with Gasteiger partial charge < -0.3 is 5.32 Å². The lowest BCUT2D eigenvalue weighted by atomic mass is 10.1. The third kappa shape index (κ3) is 2.96. The van der Waals surface area contributed by atoms with Gasteiger partial charge in [0.05, 0.1) is 17.3 Å². The van der Waals surface area contributed by atoms with Gasteiger partial charge in [0.15, 0.2) is 0 Å². The fraction of sp³-hybridized carbons (Fsp3) is 0.286. The third-order valence-corrected chi connectivity index (χ3v) is 3.23. The number of hydrogen-bond donors (Lipinski definition) is 1. The quantitative estimate of drug-likeness (QED) is 0.934. The highest BCUT2D eigenvalue weighted by molar-refractivity contribution is 6.33. The van der Waals surface area contributed by atoms with E-state index in [1.165, 1.54) is 6.20 Å². The minimum absolute atomic E-state index is 0.0787. The molecule has 0 aliphatic rings. The van der Waals surface area contributed by atoms with E-state index in [1.54, 1.807) is 4.68 Å². The molecule has 0 aliphatic heterocycles. The molecule has 1 N–H and O–H groups in total. The molecule has 4 nitrogen and oxygen atoms in total. The number of amides is 1. The average Bonchev–Trinajstić information content (AvgIpc) is 2.80. The molecule has 0 bridgehead atoms. The number of nitrogens with zero attached hydrogens (tertiary/aromatic N) is 2. The fourth-order valence-electron chi connectivity index (χ4n) is 1.92. The predicted molar refractivity (Wildman–Crippen MR) is 75.2 cm³/mol. The Morgan fingerprint density at radius 2 is 2.11 bits per heavy atom. The summed E-state index contributed by atoms with van der Waals surface area (Å²) in [5.41, 5.74) is 1.46. The van der Waals surface area contributed by atoms with Crippen LogP contribution in [0.15, 0.2) is 36.5 Å². The van der Waals surface area contributed by atoms with Crippen LogP contribution in [0.4, 0.5) is 0 Å². The Morgan fingerprint density at radius 1 is 1.42 bits per heavy atom. The molecule has 1 amide bonds. The summed E-state index contributed by atoms with van der Waals surface area (Å²) in [4.78, 5) is 12.2. The van der Waals surface area contributed by atoms with Gasteiger partial charge in [0, 0.05) is 6.54 Å².